The minimum Gasteiger partial charge on any atom is -0.396 e. The number of nitrogens with zero attached hydrogens (tertiary/aromatic N) is 1. The van der Waals surface area contributed by atoms with E-state index in [9.17, 15) is 4.79 Å². The predicted molar refractivity (Wildman–Crippen MR) is 74.4 cm³/mol. The molecule has 0 aliphatic rings. The van der Waals surface area contributed by atoms with Gasteiger partial charge in [-0.1, -0.05) is 6.92 Å². The summed E-state index contributed by atoms with van der Waals surface area (Å²) in [6, 6.07) is 3.74. The maximum Gasteiger partial charge on any atom is 0.219 e. The number of carbonyl (C=O) groups excluding carboxylic acids is 1. The van der Waals surface area contributed by atoms with E-state index in [1.807, 2.05) is 26.0 Å². The number of pyridine rings is 1. The van der Waals surface area contributed by atoms with Gasteiger partial charge in [-0.05, 0) is 31.9 Å². The lowest BCUT2D eigenvalue weighted by Crippen LogP contribution is -2.23. The van der Waals surface area contributed by atoms with Crippen LogP contribution in [0.5, 0.6) is 0 Å². The zero-order valence-corrected chi connectivity index (χ0v) is 11.1. The molecule has 0 fully saturated rings. The molecular weight excluding hydrogens is 228 g/mol. The first-order valence-electron chi connectivity index (χ1n) is 6.37. The maximum atomic E-state index is 11.0. The van der Waals surface area contributed by atoms with Gasteiger partial charge in [-0.2, -0.15) is 0 Å². The molecule has 5 nitrogen and oxygen atoms in total. The lowest BCUT2D eigenvalue weighted by molar-refractivity contribution is -0.120. The third-order valence-corrected chi connectivity index (χ3v) is 2.60. The molecule has 0 saturated carbocycles. The van der Waals surface area contributed by atoms with Gasteiger partial charge in [0.1, 0.15) is 5.82 Å². The van der Waals surface area contributed by atoms with Gasteiger partial charge in [-0.25, -0.2) is 4.98 Å². The zero-order chi connectivity index (χ0) is 13.4. The fourth-order valence-electron chi connectivity index (χ4n) is 1.52. The number of unbranched alkanes of at least 4 members (excludes halogenated alkanes) is 1. The van der Waals surface area contributed by atoms with Crippen molar-refractivity contribution in [2.75, 3.05) is 24.1 Å². The molecule has 0 atom stereocenters. The molecule has 1 rings (SSSR count). The van der Waals surface area contributed by atoms with E-state index in [0.29, 0.717) is 12.1 Å². The second-order valence-corrected chi connectivity index (χ2v) is 4.23. The van der Waals surface area contributed by atoms with Crippen LogP contribution >= 0.6 is 0 Å². The Kier molecular flexibility index (Phi) is 5.97. The number of carbonyl (C=O) groups is 1. The Hall–Kier alpha value is -1.78. The van der Waals surface area contributed by atoms with Crippen molar-refractivity contribution in [3.05, 3.63) is 17.8 Å². The molecular formula is C13H22N4O. The van der Waals surface area contributed by atoms with Crippen LogP contribution in [0.1, 0.15) is 31.9 Å². The van der Waals surface area contributed by atoms with Gasteiger partial charge in [0.05, 0.1) is 5.69 Å². The summed E-state index contributed by atoms with van der Waals surface area (Å²) in [7, 11) is 0. The van der Waals surface area contributed by atoms with E-state index in [0.717, 1.165) is 37.4 Å². The quantitative estimate of drug-likeness (QED) is 0.643. The molecule has 5 heteroatoms. The third-order valence-electron chi connectivity index (χ3n) is 2.60. The molecule has 0 aromatic carbocycles. The topological polar surface area (TPSA) is 80.0 Å². The van der Waals surface area contributed by atoms with Gasteiger partial charge in [-0.3, -0.25) is 4.79 Å². The zero-order valence-electron chi connectivity index (χ0n) is 11.1. The second kappa shape index (κ2) is 7.53. The Morgan fingerprint density at radius 3 is 2.78 bits per heavy atom. The summed E-state index contributed by atoms with van der Waals surface area (Å²) in [4.78, 5) is 15.3. The SMILES string of the molecule is CCC(=O)NCCCCNc1nc(C)ccc1N. The first kappa shape index (κ1) is 14.3. The molecule has 100 valence electrons. The van der Waals surface area contributed by atoms with Crippen molar-refractivity contribution < 1.29 is 4.79 Å². The van der Waals surface area contributed by atoms with Crippen LogP contribution in [-0.2, 0) is 4.79 Å². The van der Waals surface area contributed by atoms with Crippen molar-refractivity contribution in [2.24, 2.45) is 0 Å². The van der Waals surface area contributed by atoms with Crippen molar-refractivity contribution in [2.45, 2.75) is 33.1 Å². The fraction of sp³-hybridized carbons (Fsp3) is 0.538. The molecule has 0 radical (unpaired) electrons. The fourth-order valence-corrected chi connectivity index (χ4v) is 1.52. The van der Waals surface area contributed by atoms with Crippen LogP contribution in [0.25, 0.3) is 0 Å². The van der Waals surface area contributed by atoms with Crippen molar-refractivity contribution in [3.63, 3.8) is 0 Å². The van der Waals surface area contributed by atoms with Crippen molar-refractivity contribution in [1.29, 1.82) is 0 Å². The minimum absolute atomic E-state index is 0.104. The summed E-state index contributed by atoms with van der Waals surface area (Å²) >= 11 is 0. The van der Waals surface area contributed by atoms with Crippen LogP contribution in [0.4, 0.5) is 11.5 Å². The maximum absolute atomic E-state index is 11.0. The molecule has 0 aliphatic carbocycles. The molecule has 0 aliphatic heterocycles. The van der Waals surface area contributed by atoms with E-state index in [1.165, 1.54) is 0 Å². The van der Waals surface area contributed by atoms with E-state index in [-0.39, 0.29) is 5.91 Å². The molecule has 18 heavy (non-hydrogen) atoms. The number of amides is 1. The van der Waals surface area contributed by atoms with Crippen LogP contribution in [-0.4, -0.2) is 24.0 Å². The molecule has 1 aromatic heterocycles. The normalized spacial score (nSPS) is 10.1. The molecule has 1 heterocycles. The Morgan fingerprint density at radius 1 is 1.33 bits per heavy atom. The van der Waals surface area contributed by atoms with Crippen molar-refractivity contribution in [1.82, 2.24) is 10.3 Å². The third kappa shape index (κ3) is 5.03. The largest absolute Gasteiger partial charge is 0.396 e. The number of hydrogen-bond donors (Lipinski definition) is 3. The number of nitrogen functional groups attached to an aromatic ring is 1. The highest BCUT2D eigenvalue weighted by Gasteiger charge is 2.00. The Balaban J connectivity index is 2.18. The highest BCUT2D eigenvalue weighted by molar-refractivity contribution is 5.75. The van der Waals surface area contributed by atoms with Crippen LogP contribution in [0.2, 0.25) is 0 Å². The Bertz CT molecular complexity index is 393. The number of hydrogen-bond acceptors (Lipinski definition) is 4. The first-order chi connectivity index (χ1) is 8.63. The minimum atomic E-state index is 0.104. The molecule has 0 bridgehead atoms. The van der Waals surface area contributed by atoms with E-state index in [2.05, 4.69) is 15.6 Å². The van der Waals surface area contributed by atoms with Crippen molar-refractivity contribution >= 4 is 17.4 Å². The summed E-state index contributed by atoms with van der Waals surface area (Å²) in [6.45, 7) is 5.32. The van der Waals surface area contributed by atoms with Gasteiger partial charge in [0.25, 0.3) is 0 Å². The van der Waals surface area contributed by atoms with E-state index in [1.54, 1.807) is 0 Å². The number of aryl methyl sites for hydroxylation is 1. The Labute approximate surface area is 108 Å². The number of aromatic nitrogens is 1. The van der Waals surface area contributed by atoms with Crippen LogP contribution < -0.4 is 16.4 Å². The van der Waals surface area contributed by atoms with Gasteiger partial charge in [-0.15, -0.1) is 0 Å². The Morgan fingerprint density at radius 2 is 2.06 bits per heavy atom. The van der Waals surface area contributed by atoms with Gasteiger partial charge in [0.15, 0.2) is 0 Å². The second-order valence-electron chi connectivity index (χ2n) is 4.23. The molecule has 0 saturated heterocycles. The predicted octanol–water partition coefficient (Wildman–Crippen LogP) is 1.69. The molecule has 1 amide bonds. The summed E-state index contributed by atoms with van der Waals surface area (Å²) < 4.78 is 0. The van der Waals surface area contributed by atoms with Crippen LogP contribution in [0.15, 0.2) is 12.1 Å². The van der Waals surface area contributed by atoms with Gasteiger partial charge in [0.2, 0.25) is 5.91 Å². The standard InChI is InChI=1S/C13H22N4O/c1-3-12(18)15-8-4-5-9-16-13-11(14)7-6-10(2)17-13/h6-7H,3-5,8-9,14H2,1-2H3,(H,15,18)(H,16,17). The number of rotatable bonds is 7. The van der Waals surface area contributed by atoms with Crippen LogP contribution in [0, 0.1) is 6.92 Å². The molecule has 0 unspecified atom stereocenters. The molecule has 1 aromatic rings. The molecule has 0 spiro atoms. The summed E-state index contributed by atoms with van der Waals surface area (Å²) in [5.74, 6) is 0.847. The van der Waals surface area contributed by atoms with Gasteiger partial charge < -0.3 is 16.4 Å². The number of nitrogens with two attached hydrogens (primary N) is 1. The average Bonchev–Trinajstić information content (AvgIpc) is 2.37. The van der Waals surface area contributed by atoms with Gasteiger partial charge >= 0.3 is 0 Å². The average molecular weight is 250 g/mol. The summed E-state index contributed by atoms with van der Waals surface area (Å²) in [5, 5.41) is 6.05. The highest BCUT2D eigenvalue weighted by Crippen LogP contribution is 2.14. The monoisotopic (exact) mass is 250 g/mol. The lowest BCUT2D eigenvalue weighted by Gasteiger charge is -2.09. The summed E-state index contributed by atoms with van der Waals surface area (Å²) in [6.07, 6.45) is 2.46. The molecule has 4 N–H and O–H groups in total. The van der Waals surface area contributed by atoms with Crippen LogP contribution in [0.3, 0.4) is 0 Å². The van der Waals surface area contributed by atoms with E-state index >= 15 is 0 Å². The first-order valence-corrected chi connectivity index (χ1v) is 6.37. The van der Waals surface area contributed by atoms with Crippen molar-refractivity contribution in [3.8, 4) is 0 Å². The summed E-state index contributed by atoms with van der Waals surface area (Å²) in [5.41, 5.74) is 7.42. The number of nitrogens with one attached hydrogen (secondary N) is 2. The highest BCUT2D eigenvalue weighted by atomic mass is 16.1. The smallest absolute Gasteiger partial charge is 0.219 e. The van der Waals surface area contributed by atoms with Gasteiger partial charge in [0, 0.05) is 25.2 Å². The lowest BCUT2D eigenvalue weighted by atomic mass is 10.3. The number of anilines is 2. The van der Waals surface area contributed by atoms with E-state index in [4.69, 9.17) is 5.73 Å². The van der Waals surface area contributed by atoms with E-state index < -0.39 is 0 Å².